The van der Waals surface area contributed by atoms with Crippen LogP contribution in [-0.2, 0) is 11.6 Å². The number of benzene rings is 4. The normalized spacial score (nSPS) is 12.7. The highest BCUT2D eigenvalue weighted by atomic mass is 31.2. The topological polar surface area (TPSA) is 52.2 Å². The van der Waals surface area contributed by atoms with E-state index in [0.717, 1.165) is 38.0 Å². The second kappa shape index (κ2) is 8.82. The minimum atomic E-state index is -3.34. The van der Waals surface area contributed by atoms with Crippen molar-refractivity contribution in [1.29, 1.82) is 0 Å². The highest BCUT2D eigenvalue weighted by molar-refractivity contribution is 7.79. The fourth-order valence-electron chi connectivity index (χ4n) is 5.32. The molecule has 2 aromatic heterocycles. The molecule has 0 saturated heterocycles. The fraction of sp³-hybridized carbons (Fsp3) is 0.0645. The molecule has 5 heteroatoms. The molecule has 4 aromatic carbocycles. The molecular formula is C31H24NO3P. The van der Waals surface area contributed by atoms with Gasteiger partial charge in [0, 0.05) is 39.5 Å². The second-order valence-electron chi connectivity index (χ2n) is 8.92. The molecule has 0 aliphatic heterocycles. The van der Waals surface area contributed by atoms with Crippen LogP contribution in [0.15, 0.2) is 131 Å². The van der Waals surface area contributed by atoms with E-state index >= 15 is 4.57 Å². The quantitative estimate of drug-likeness (QED) is 0.264. The smallest absolute Gasteiger partial charge is 0.360 e. The minimum Gasteiger partial charge on any atom is -0.429 e. The van der Waals surface area contributed by atoms with Crippen LogP contribution in [0.25, 0.3) is 21.8 Å². The molecule has 0 spiro atoms. The monoisotopic (exact) mass is 489 g/mol. The van der Waals surface area contributed by atoms with Crippen molar-refractivity contribution < 1.29 is 8.98 Å². The Morgan fingerprint density at radius 2 is 1.25 bits per heavy atom. The Labute approximate surface area is 208 Å². The fourth-order valence-corrected chi connectivity index (χ4v) is 8.62. The Morgan fingerprint density at radius 3 is 1.86 bits per heavy atom. The summed E-state index contributed by atoms with van der Waals surface area (Å²) < 4.78 is 23.2. The molecule has 4 nitrogen and oxygen atoms in total. The van der Waals surface area contributed by atoms with Gasteiger partial charge in [0.05, 0.1) is 11.9 Å². The summed E-state index contributed by atoms with van der Waals surface area (Å²) >= 11 is 0. The van der Waals surface area contributed by atoms with E-state index in [1.165, 1.54) is 6.26 Å². The van der Waals surface area contributed by atoms with Gasteiger partial charge in [-0.2, -0.15) is 0 Å². The lowest BCUT2D eigenvalue weighted by Gasteiger charge is -2.30. The summed E-state index contributed by atoms with van der Waals surface area (Å²) in [4.78, 5) is 13.0. The molecule has 6 aromatic rings. The molecule has 2 heterocycles. The SMILES string of the molecule is Cn1c2ccccc2c2c(C(c3ccccc3)P(=O)(c3ccccc3)c3ccccc3)coc(=O)c21. The van der Waals surface area contributed by atoms with Gasteiger partial charge in [0.2, 0.25) is 0 Å². The van der Waals surface area contributed by atoms with Crippen molar-refractivity contribution in [2.24, 2.45) is 7.05 Å². The van der Waals surface area contributed by atoms with Gasteiger partial charge in [0.25, 0.3) is 0 Å². The van der Waals surface area contributed by atoms with Crippen molar-refractivity contribution in [2.45, 2.75) is 5.66 Å². The van der Waals surface area contributed by atoms with E-state index < -0.39 is 18.4 Å². The van der Waals surface area contributed by atoms with E-state index in [-0.39, 0.29) is 0 Å². The molecular weight excluding hydrogens is 465 g/mol. The van der Waals surface area contributed by atoms with Gasteiger partial charge in [-0.15, -0.1) is 0 Å². The van der Waals surface area contributed by atoms with Gasteiger partial charge in [-0.3, -0.25) is 0 Å². The molecule has 0 bridgehead atoms. The molecule has 0 N–H and O–H groups in total. The Bertz CT molecular complexity index is 1740. The summed E-state index contributed by atoms with van der Waals surface area (Å²) in [5.41, 5.74) is 2.06. The Kier molecular flexibility index (Phi) is 5.47. The van der Waals surface area contributed by atoms with Crippen LogP contribution in [0.4, 0.5) is 0 Å². The first-order valence-electron chi connectivity index (χ1n) is 11.9. The van der Waals surface area contributed by atoms with Crippen molar-refractivity contribution in [3.8, 4) is 0 Å². The predicted octanol–water partition coefficient (Wildman–Crippen LogP) is 6.39. The molecule has 0 saturated carbocycles. The number of rotatable bonds is 5. The van der Waals surface area contributed by atoms with E-state index in [9.17, 15) is 4.79 Å². The number of hydrogen-bond acceptors (Lipinski definition) is 3. The van der Waals surface area contributed by atoms with Gasteiger partial charge in [-0.05, 0) is 11.6 Å². The highest BCUT2D eigenvalue weighted by Gasteiger charge is 2.41. The third-order valence-electron chi connectivity index (χ3n) is 6.93. The molecule has 1 unspecified atom stereocenters. The average molecular weight is 490 g/mol. The van der Waals surface area contributed by atoms with Crippen LogP contribution in [-0.4, -0.2) is 4.57 Å². The lowest BCUT2D eigenvalue weighted by atomic mass is 10.0. The maximum atomic E-state index is 15.7. The molecule has 0 aliphatic carbocycles. The van der Waals surface area contributed by atoms with Crippen LogP contribution in [0.5, 0.6) is 0 Å². The van der Waals surface area contributed by atoms with Crippen LogP contribution in [0.2, 0.25) is 0 Å². The number of nitrogens with zero attached hydrogens (tertiary/aromatic N) is 1. The maximum absolute atomic E-state index is 15.7. The molecule has 0 aliphatic rings. The van der Waals surface area contributed by atoms with Gasteiger partial charge in [-0.25, -0.2) is 4.79 Å². The Hall–Kier alpha value is -4.14. The minimum absolute atomic E-state index is 0.409. The number of aryl methyl sites for hydroxylation is 1. The van der Waals surface area contributed by atoms with Crippen molar-refractivity contribution in [3.63, 3.8) is 0 Å². The Balaban J connectivity index is 1.79. The zero-order chi connectivity index (χ0) is 24.7. The van der Waals surface area contributed by atoms with E-state index in [4.69, 9.17) is 4.42 Å². The van der Waals surface area contributed by atoms with Gasteiger partial charge in [0.1, 0.15) is 5.52 Å². The van der Waals surface area contributed by atoms with Crippen LogP contribution >= 0.6 is 7.14 Å². The number of hydrogen-bond donors (Lipinski definition) is 0. The first-order valence-corrected chi connectivity index (χ1v) is 13.6. The standard InChI is InChI=1S/C31H24NO3P/c1-32-27-20-12-11-19-25(27)28-26(21-35-31(33)29(28)32)30(22-13-5-2-6-14-22)36(34,23-15-7-3-8-16-23)24-17-9-4-10-18-24/h2-21,30H,1H3. The van der Waals surface area contributed by atoms with E-state index in [2.05, 4.69) is 0 Å². The van der Waals surface area contributed by atoms with Crippen LogP contribution in [0.3, 0.4) is 0 Å². The summed E-state index contributed by atoms with van der Waals surface area (Å²) in [6.07, 6.45) is 1.52. The largest absolute Gasteiger partial charge is 0.429 e. The summed E-state index contributed by atoms with van der Waals surface area (Å²) in [6.45, 7) is 0. The van der Waals surface area contributed by atoms with Gasteiger partial charge in [-0.1, -0.05) is 109 Å². The van der Waals surface area contributed by atoms with E-state index in [0.29, 0.717) is 5.52 Å². The first kappa shape index (κ1) is 22.3. The van der Waals surface area contributed by atoms with Gasteiger partial charge >= 0.3 is 5.63 Å². The second-order valence-corrected chi connectivity index (χ2v) is 11.8. The number of aromatic nitrogens is 1. The average Bonchev–Trinajstić information content (AvgIpc) is 3.25. The molecule has 0 fully saturated rings. The van der Waals surface area contributed by atoms with Crippen molar-refractivity contribution in [3.05, 3.63) is 143 Å². The van der Waals surface area contributed by atoms with Crippen molar-refractivity contribution in [2.75, 3.05) is 0 Å². The summed E-state index contributed by atoms with van der Waals surface area (Å²) in [6, 6.07) is 37.1. The molecule has 176 valence electrons. The third-order valence-corrected chi connectivity index (χ3v) is 10.4. The van der Waals surface area contributed by atoms with Crippen molar-refractivity contribution in [1.82, 2.24) is 4.57 Å². The molecule has 6 rings (SSSR count). The molecule has 36 heavy (non-hydrogen) atoms. The maximum Gasteiger partial charge on any atom is 0.360 e. The first-order chi connectivity index (χ1) is 17.6. The van der Waals surface area contributed by atoms with Crippen molar-refractivity contribution >= 4 is 39.6 Å². The molecule has 1 atom stereocenters. The third kappa shape index (κ3) is 3.37. The Morgan fingerprint density at radius 1 is 0.722 bits per heavy atom. The highest BCUT2D eigenvalue weighted by Crippen LogP contribution is 2.61. The lowest BCUT2D eigenvalue weighted by molar-refractivity contribution is 0.509. The molecule has 0 amide bonds. The molecule has 0 radical (unpaired) electrons. The number of para-hydroxylation sites is 1. The predicted molar refractivity (Wildman–Crippen MR) is 147 cm³/mol. The summed E-state index contributed by atoms with van der Waals surface area (Å²) in [5.74, 6) is 0. The van der Waals surface area contributed by atoms with Gasteiger partial charge < -0.3 is 13.5 Å². The van der Waals surface area contributed by atoms with Crippen LogP contribution < -0.4 is 16.2 Å². The van der Waals surface area contributed by atoms with E-state index in [1.54, 1.807) is 0 Å². The zero-order valence-electron chi connectivity index (χ0n) is 19.7. The zero-order valence-corrected chi connectivity index (χ0v) is 20.6. The lowest BCUT2D eigenvalue weighted by Crippen LogP contribution is -2.22. The van der Waals surface area contributed by atoms with Crippen LogP contribution in [0, 0.1) is 0 Å². The van der Waals surface area contributed by atoms with E-state index in [1.807, 2.05) is 127 Å². The summed E-state index contributed by atoms with van der Waals surface area (Å²) in [5, 5.41) is 3.23. The summed E-state index contributed by atoms with van der Waals surface area (Å²) in [7, 11) is -1.47. The number of fused-ring (bicyclic) bond motifs is 3. The van der Waals surface area contributed by atoms with Crippen LogP contribution in [0.1, 0.15) is 16.8 Å². The van der Waals surface area contributed by atoms with Gasteiger partial charge in [0.15, 0.2) is 7.14 Å².